The van der Waals surface area contributed by atoms with E-state index in [1.807, 2.05) is 0 Å². The zero-order valence-electron chi connectivity index (χ0n) is 6.88. The van der Waals surface area contributed by atoms with Crippen LogP contribution < -0.4 is 0 Å². The van der Waals surface area contributed by atoms with Gasteiger partial charge in [-0.15, -0.1) is 0 Å². The van der Waals surface area contributed by atoms with Gasteiger partial charge in [0.15, 0.2) is 5.75 Å². The molecular formula is C6H11NO5S. The SMILES string of the molecule is O=C(O)CS(=O)(=O)N1CC[C@H](O)C1. The lowest BCUT2D eigenvalue weighted by atomic mass is 10.3. The van der Waals surface area contributed by atoms with Crippen LogP contribution in [0, 0.1) is 0 Å². The van der Waals surface area contributed by atoms with E-state index in [4.69, 9.17) is 10.2 Å². The second kappa shape index (κ2) is 3.60. The number of sulfonamides is 1. The average Bonchev–Trinajstić information content (AvgIpc) is 2.32. The first kappa shape index (κ1) is 10.4. The Morgan fingerprint density at radius 3 is 2.54 bits per heavy atom. The molecule has 1 rings (SSSR count). The molecule has 0 radical (unpaired) electrons. The highest BCUT2D eigenvalue weighted by Crippen LogP contribution is 2.13. The highest BCUT2D eigenvalue weighted by molar-refractivity contribution is 7.89. The number of aliphatic hydroxyl groups excluding tert-OH is 1. The van der Waals surface area contributed by atoms with Gasteiger partial charge in [0.05, 0.1) is 6.10 Å². The van der Waals surface area contributed by atoms with Gasteiger partial charge in [-0.3, -0.25) is 4.79 Å². The van der Waals surface area contributed by atoms with Crippen molar-refractivity contribution >= 4 is 16.0 Å². The van der Waals surface area contributed by atoms with Crippen LogP contribution in [0.5, 0.6) is 0 Å². The van der Waals surface area contributed by atoms with Crippen molar-refractivity contribution < 1.29 is 23.4 Å². The predicted octanol–water partition coefficient (Wildman–Crippen LogP) is -1.53. The number of hydrogen-bond acceptors (Lipinski definition) is 4. The van der Waals surface area contributed by atoms with Gasteiger partial charge in [-0.2, -0.15) is 4.31 Å². The van der Waals surface area contributed by atoms with E-state index >= 15 is 0 Å². The van der Waals surface area contributed by atoms with Gasteiger partial charge in [0.25, 0.3) is 0 Å². The van der Waals surface area contributed by atoms with Crippen LogP contribution in [0.2, 0.25) is 0 Å². The Hall–Kier alpha value is -0.660. The maximum Gasteiger partial charge on any atom is 0.320 e. The van der Waals surface area contributed by atoms with E-state index in [2.05, 4.69) is 0 Å². The molecule has 0 saturated carbocycles. The van der Waals surface area contributed by atoms with Gasteiger partial charge >= 0.3 is 5.97 Å². The molecule has 6 nitrogen and oxygen atoms in total. The first-order valence-corrected chi connectivity index (χ1v) is 5.40. The van der Waals surface area contributed by atoms with Gasteiger partial charge in [0.1, 0.15) is 0 Å². The number of carboxylic acid groups (broad SMARTS) is 1. The molecule has 1 saturated heterocycles. The summed E-state index contributed by atoms with van der Waals surface area (Å²) in [6.07, 6.45) is -0.290. The van der Waals surface area contributed by atoms with Crippen LogP contribution in [0.25, 0.3) is 0 Å². The third-order valence-corrected chi connectivity index (χ3v) is 3.56. The lowest BCUT2D eigenvalue weighted by Gasteiger charge is -2.13. The Labute approximate surface area is 75.8 Å². The molecule has 0 bridgehead atoms. The Balaban J connectivity index is 2.65. The third kappa shape index (κ3) is 2.64. The number of carbonyl (C=O) groups is 1. The van der Waals surface area contributed by atoms with Crippen LogP contribution in [0.4, 0.5) is 0 Å². The quantitative estimate of drug-likeness (QED) is 0.588. The minimum absolute atomic E-state index is 0.00954. The van der Waals surface area contributed by atoms with Gasteiger partial charge in [0.2, 0.25) is 10.0 Å². The standard InChI is InChI=1S/C6H11NO5S/c8-5-1-2-7(3-5)13(11,12)4-6(9)10/h5,8H,1-4H2,(H,9,10)/t5-/m0/s1. The molecule has 1 atom stereocenters. The van der Waals surface area contributed by atoms with Crippen molar-refractivity contribution in [3.8, 4) is 0 Å². The molecule has 0 unspecified atom stereocenters. The minimum atomic E-state index is -3.72. The Morgan fingerprint density at radius 1 is 1.54 bits per heavy atom. The maximum atomic E-state index is 11.2. The molecule has 1 fully saturated rings. The summed E-state index contributed by atoms with van der Waals surface area (Å²) in [5.74, 6) is -2.28. The second-order valence-corrected chi connectivity index (χ2v) is 4.92. The van der Waals surface area contributed by atoms with Gasteiger partial charge in [-0.1, -0.05) is 0 Å². The van der Waals surface area contributed by atoms with Gasteiger partial charge < -0.3 is 10.2 Å². The van der Waals surface area contributed by atoms with Gasteiger partial charge in [0, 0.05) is 13.1 Å². The maximum absolute atomic E-state index is 11.2. The van der Waals surface area contributed by atoms with Crippen LogP contribution in [0.15, 0.2) is 0 Å². The fraction of sp³-hybridized carbons (Fsp3) is 0.833. The van der Waals surface area contributed by atoms with Crippen LogP contribution >= 0.6 is 0 Å². The van der Waals surface area contributed by atoms with Crippen molar-refractivity contribution in [3.05, 3.63) is 0 Å². The first-order chi connectivity index (χ1) is 5.92. The molecule has 1 heterocycles. The summed E-state index contributed by atoms with van der Waals surface area (Å²) in [6.45, 7) is 0.215. The fourth-order valence-electron chi connectivity index (χ4n) is 1.21. The highest BCUT2D eigenvalue weighted by Gasteiger charge is 2.31. The number of carboxylic acids is 1. The van der Waals surface area contributed by atoms with Crippen molar-refractivity contribution in [2.24, 2.45) is 0 Å². The molecule has 0 aromatic carbocycles. The Kier molecular flexibility index (Phi) is 2.89. The Morgan fingerprint density at radius 2 is 2.15 bits per heavy atom. The first-order valence-electron chi connectivity index (χ1n) is 3.79. The Bertz CT molecular complexity index is 298. The number of aliphatic carboxylic acids is 1. The molecule has 2 N–H and O–H groups in total. The zero-order chi connectivity index (χ0) is 10.1. The highest BCUT2D eigenvalue weighted by atomic mass is 32.2. The average molecular weight is 209 g/mol. The lowest BCUT2D eigenvalue weighted by Crippen LogP contribution is -2.34. The number of β-amino-alcohol motifs (C(OH)–C–C–N with tert-alkyl or cyclic N) is 1. The van der Waals surface area contributed by atoms with Crippen molar-refractivity contribution in [2.75, 3.05) is 18.8 Å². The summed E-state index contributed by atoms with van der Waals surface area (Å²) in [7, 11) is -3.72. The summed E-state index contributed by atoms with van der Waals surface area (Å²) in [5.41, 5.74) is 0. The minimum Gasteiger partial charge on any atom is -0.480 e. The monoisotopic (exact) mass is 209 g/mol. The van der Waals surface area contributed by atoms with Crippen LogP contribution in [-0.2, 0) is 14.8 Å². The van der Waals surface area contributed by atoms with Crippen molar-refractivity contribution in [2.45, 2.75) is 12.5 Å². The molecule has 1 aliphatic rings. The molecule has 1 aliphatic heterocycles. The van der Waals surface area contributed by atoms with Crippen LogP contribution in [-0.4, -0.2) is 53.9 Å². The summed E-state index contributed by atoms with van der Waals surface area (Å²) < 4.78 is 23.5. The van der Waals surface area contributed by atoms with E-state index in [1.165, 1.54) is 0 Å². The number of hydrogen-bond donors (Lipinski definition) is 2. The fourth-order valence-corrected chi connectivity index (χ4v) is 2.49. The summed E-state index contributed by atoms with van der Waals surface area (Å²) >= 11 is 0. The second-order valence-electron chi connectivity index (χ2n) is 2.95. The lowest BCUT2D eigenvalue weighted by molar-refractivity contribution is -0.134. The molecule has 0 aromatic heterocycles. The number of aliphatic hydroxyl groups is 1. The van der Waals surface area contributed by atoms with Gasteiger partial charge in [-0.25, -0.2) is 8.42 Å². The number of rotatable bonds is 3. The van der Waals surface area contributed by atoms with E-state index < -0.39 is 27.8 Å². The normalized spacial score (nSPS) is 24.8. The van der Waals surface area contributed by atoms with Crippen molar-refractivity contribution in [1.29, 1.82) is 0 Å². The molecule has 0 aliphatic carbocycles. The third-order valence-electron chi connectivity index (χ3n) is 1.83. The van der Waals surface area contributed by atoms with Crippen LogP contribution in [0.3, 0.4) is 0 Å². The molecule has 0 amide bonds. The number of nitrogens with zero attached hydrogens (tertiary/aromatic N) is 1. The molecule has 0 spiro atoms. The molecule has 76 valence electrons. The summed E-state index contributed by atoms with van der Waals surface area (Å²) in [5, 5.41) is 17.4. The van der Waals surface area contributed by atoms with Crippen LogP contribution in [0.1, 0.15) is 6.42 Å². The molecular weight excluding hydrogens is 198 g/mol. The van der Waals surface area contributed by atoms with Crippen molar-refractivity contribution in [1.82, 2.24) is 4.31 Å². The van der Waals surface area contributed by atoms with Crippen molar-refractivity contribution in [3.63, 3.8) is 0 Å². The smallest absolute Gasteiger partial charge is 0.320 e. The van der Waals surface area contributed by atoms with E-state index in [-0.39, 0.29) is 13.1 Å². The summed E-state index contributed by atoms with van der Waals surface area (Å²) in [6, 6.07) is 0. The van der Waals surface area contributed by atoms with E-state index in [9.17, 15) is 13.2 Å². The largest absolute Gasteiger partial charge is 0.480 e. The summed E-state index contributed by atoms with van der Waals surface area (Å²) in [4.78, 5) is 10.2. The molecule has 0 aromatic rings. The molecule has 13 heavy (non-hydrogen) atoms. The van der Waals surface area contributed by atoms with Gasteiger partial charge in [-0.05, 0) is 6.42 Å². The van der Waals surface area contributed by atoms with E-state index in [0.29, 0.717) is 6.42 Å². The molecule has 7 heteroatoms. The predicted molar refractivity (Wildman–Crippen MR) is 43.6 cm³/mol. The topological polar surface area (TPSA) is 94.9 Å². The zero-order valence-corrected chi connectivity index (χ0v) is 7.70. The van der Waals surface area contributed by atoms with E-state index in [0.717, 1.165) is 4.31 Å². The van der Waals surface area contributed by atoms with E-state index in [1.54, 1.807) is 0 Å².